The topological polar surface area (TPSA) is 72.3 Å². The van der Waals surface area contributed by atoms with Crippen LogP contribution in [0.1, 0.15) is 11.3 Å². The highest BCUT2D eigenvalue weighted by atomic mass is 16.5. The molecule has 0 radical (unpaired) electrons. The number of carboxylic acids is 1. The summed E-state index contributed by atoms with van der Waals surface area (Å²) in [5, 5.41) is 8.55. The molecule has 70 valence electrons. The van der Waals surface area contributed by atoms with E-state index in [4.69, 9.17) is 9.84 Å². The minimum atomic E-state index is -0.913. The summed E-state index contributed by atoms with van der Waals surface area (Å²) in [5.74, 6) is -0.913. The van der Waals surface area contributed by atoms with Crippen molar-refractivity contribution in [2.24, 2.45) is 0 Å². The van der Waals surface area contributed by atoms with E-state index in [2.05, 4.69) is 9.97 Å². The van der Waals surface area contributed by atoms with Crippen molar-refractivity contribution in [2.45, 2.75) is 13.3 Å². The van der Waals surface area contributed by atoms with Crippen LogP contribution in [0.15, 0.2) is 6.20 Å². The minimum Gasteiger partial charge on any atom is -0.481 e. The Hall–Kier alpha value is -1.65. The Labute approximate surface area is 75.4 Å². The summed E-state index contributed by atoms with van der Waals surface area (Å²) in [6.07, 6.45) is 1.44. The van der Waals surface area contributed by atoms with Gasteiger partial charge in [0.15, 0.2) is 0 Å². The van der Waals surface area contributed by atoms with E-state index < -0.39 is 5.97 Å². The second-order valence-electron chi connectivity index (χ2n) is 2.56. The lowest BCUT2D eigenvalue weighted by Crippen LogP contribution is -2.06. The second kappa shape index (κ2) is 3.84. The van der Waals surface area contributed by atoms with Gasteiger partial charge in [-0.2, -0.15) is 4.98 Å². The van der Waals surface area contributed by atoms with Gasteiger partial charge < -0.3 is 9.84 Å². The molecule has 1 aromatic rings. The zero-order valence-corrected chi connectivity index (χ0v) is 7.44. The molecule has 0 atom stereocenters. The molecule has 1 aromatic heterocycles. The number of methoxy groups -OCH3 is 1. The standard InChI is InChI=1S/C8H10N2O3/c1-5-4-9-8(13-2)10-6(5)3-7(11)12/h4H,3H2,1-2H3,(H,11,12). The molecule has 13 heavy (non-hydrogen) atoms. The Bertz CT molecular complexity index is 325. The molecule has 1 rings (SSSR count). The van der Waals surface area contributed by atoms with Crippen LogP contribution in [0.25, 0.3) is 0 Å². The molecule has 0 aromatic carbocycles. The maximum atomic E-state index is 10.4. The first-order valence-corrected chi connectivity index (χ1v) is 3.71. The molecule has 0 aliphatic rings. The van der Waals surface area contributed by atoms with Gasteiger partial charge in [0.2, 0.25) is 0 Å². The molecule has 1 N–H and O–H groups in total. The lowest BCUT2D eigenvalue weighted by Gasteiger charge is -2.03. The predicted octanol–water partition coefficient (Wildman–Crippen LogP) is 0.421. The lowest BCUT2D eigenvalue weighted by atomic mass is 10.2. The number of carbonyl (C=O) groups is 1. The van der Waals surface area contributed by atoms with Crippen molar-refractivity contribution in [2.75, 3.05) is 7.11 Å². The monoisotopic (exact) mass is 182 g/mol. The fraction of sp³-hybridized carbons (Fsp3) is 0.375. The number of nitrogens with zero attached hydrogens (tertiary/aromatic N) is 2. The fourth-order valence-electron chi connectivity index (χ4n) is 0.880. The van der Waals surface area contributed by atoms with Crippen molar-refractivity contribution in [1.29, 1.82) is 0 Å². The molecule has 0 bridgehead atoms. The zero-order valence-electron chi connectivity index (χ0n) is 7.44. The van der Waals surface area contributed by atoms with Crippen LogP contribution in [0, 0.1) is 6.92 Å². The lowest BCUT2D eigenvalue weighted by molar-refractivity contribution is -0.136. The quantitative estimate of drug-likeness (QED) is 0.733. The van der Waals surface area contributed by atoms with E-state index in [-0.39, 0.29) is 12.4 Å². The average Bonchev–Trinajstić information content (AvgIpc) is 2.08. The summed E-state index contributed by atoms with van der Waals surface area (Å²) >= 11 is 0. The molecule has 5 nitrogen and oxygen atoms in total. The summed E-state index contributed by atoms with van der Waals surface area (Å²) in [4.78, 5) is 18.2. The molecular weight excluding hydrogens is 172 g/mol. The van der Waals surface area contributed by atoms with Crippen molar-refractivity contribution in [1.82, 2.24) is 9.97 Å². The summed E-state index contributed by atoms with van der Waals surface area (Å²) in [6, 6.07) is 0.196. The first-order valence-electron chi connectivity index (χ1n) is 3.71. The molecule has 0 aliphatic heterocycles. The number of aromatic nitrogens is 2. The van der Waals surface area contributed by atoms with E-state index in [1.165, 1.54) is 7.11 Å². The molecule has 1 heterocycles. The number of aliphatic carboxylic acids is 1. The third-order valence-corrected chi connectivity index (χ3v) is 1.56. The Kier molecular flexibility index (Phi) is 2.79. The maximum absolute atomic E-state index is 10.4. The van der Waals surface area contributed by atoms with E-state index >= 15 is 0 Å². The number of hydrogen-bond acceptors (Lipinski definition) is 4. The normalized spacial score (nSPS) is 9.69. The van der Waals surface area contributed by atoms with Crippen LogP contribution in [-0.2, 0) is 11.2 Å². The Morgan fingerprint density at radius 1 is 1.69 bits per heavy atom. The van der Waals surface area contributed by atoms with Gasteiger partial charge in [-0.1, -0.05) is 0 Å². The van der Waals surface area contributed by atoms with Gasteiger partial charge in [0.05, 0.1) is 19.2 Å². The maximum Gasteiger partial charge on any atom is 0.316 e. The van der Waals surface area contributed by atoms with Gasteiger partial charge in [-0.3, -0.25) is 4.79 Å². The van der Waals surface area contributed by atoms with Crippen LogP contribution in [0.4, 0.5) is 0 Å². The van der Waals surface area contributed by atoms with Gasteiger partial charge >= 0.3 is 12.0 Å². The van der Waals surface area contributed by atoms with Crippen LogP contribution in [0.2, 0.25) is 0 Å². The largest absolute Gasteiger partial charge is 0.481 e. The number of ether oxygens (including phenoxy) is 1. The average molecular weight is 182 g/mol. The molecule has 0 spiro atoms. The van der Waals surface area contributed by atoms with Gasteiger partial charge in [0.1, 0.15) is 0 Å². The SMILES string of the molecule is COc1ncc(C)c(CC(=O)O)n1. The van der Waals surface area contributed by atoms with Crippen LogP contribution < -0.4 is 4.74 Å². The first-order chi connectivity index (χ1) is 6.13. The fourth-order valence-corrected chi connectivity index (χ4v) is 0.880. The Morgan fingerprint density at radius 3 is 2.92 bits per heavy atom. The molecule has 0 amide bonds. The number of carboxylic acid groups (broad SMARTS) is 1. The molecular formula is C8H10N2O3. The smallest absolute Gasteiger partial charge is 0.316 e. The van der Waals surface area contributed by atoms with Crippen molar-refractivity contribution < 1.29 is 14.6 Å². The van der Waals surface area contributed by atoms with Gasteiger partial charge in [0, 0.05) is 6.20 Å². The third kappa shape index (κ3) is 2.40. The van der Waals surface area contributed by atoms with E-state index in [0.29, 0.717) is 5.69 Å². The van der Waals surface area contributed by atoms with E-state index in [1.54, 1.807) is 13.1 Å². The summed E-state index contributed by atoms with van der Waals surface area (Å²) in [7, 11) is 1.44. The van der Waals surface area contributed by atoms with E-state index in [1.807, 2.05) is 0 Å². The van der Waals surface area contributed by atoms with Gasteiger partial charge in [-0.05, 0) is 12.5 Å². The predicted molar refractivity (Wildman–Crippen MR) is 44.7 cm³/mol. The molecule has 0 saturated carbocycles. The molecule has 0 unspecified atom stereocenters. The highest BCUT2D eigenvalue weighted by Gasteiger charge is 2.07. The van der Waals surface area contributed by atoms with Gasteiger partial charge in [0.25, 0.3) is 0 Å². The third-order valence-electron chi connectivity index (χ3n) is 1.56. The van der Waals surface area contributed by atoms with Crippen LogP contribution >= 0.6 is 0 Å². The van der Waals surface area contributed by atoms with Crippen molar-refractivity contribution in [3.63, 3.8) is 0 Å². The summed E-state index contributed by atoms with van der Waals surface area (Å²) in [6.45, 7) is 1.76. The number of aryl methyl sites for hydroxylation is 1. The molecule has 5 heteroatoms. The van der Waals surface area contributed by atoms with Crippen molar-refractivity contribution in [3.8, 4) is 6.01 Å². The van der Waals surface area contributed by atoms with E-state index in [0.717, 1.165) is 5.56 Å². The van der Waals surface area contributed by atoms with E-state index in [9.17, 15) is 4.79 Å². The summed E-state index contributed by atoms with van der Waals surface area (Å²) < 4.78 is 4.78. The Morgan fingerprint density at radius 2 is 2.38 bits per heavy atom. The molecule has 0 saturated heterocycles. The van der Waals surface area contributed by atoms with Crippen molar-refractivity contribution >= 4 is 5.97 Å². The molecule has 0 aliphatic carbocycles. The van der Waals surface area contributed by atoms with Crippen molar-refractivity contribution in [3.05, 3.63) is 17.5 Å². The zero-order chi connectivity index (χ0) is 9.84. The summed E-state index contributed by atoms with van der Waals surface area (Å²) in [5.41, 5.74) is 1.24. The first kappa shape index (κ1) is 9.44. The number of rotatable bonds is 3. The van der Waals surface area contributed by atoms with Crippen LogP contribution in [0.5, 0.6) is 6.01 Å². The van der Waals surface area contributed by atoms with Gasteiger partial charge in [-0.15, -0.1) is 0 Å². The number of hydrogen-bond donors (Lipinski definition) is 1. The molecule has 0 fully saturated rings. The highest BCUT2D eigenvalue weighted by Crippen LogP contribution is 2.08. The Balaban J connectivity index is 2.96. The second-order valence-corrected chi connectivity index (χ2v) is 2.56. The minimum absolute atomic E-state index is 0.106. The van der Waals surface area contributed by atoms with Gasteiger partial charge in [-0.25, -0.2) is 4.98 Å². The highest BCUT2D eigenvalue weighted by molar-refractivity contribution is 5.69. The van der Waals surface area contributed by atoms with Crippen LogP contribution in [0.3, 0.4) is 0 Å². The van der Waals surface area contributed by atoms with Crippen LogP contribution in [-0.4, -0.2) is 28.2 Å².